The van der Waals surface area contributed by atoms with Gasteiger partial charge in [-0.05, 0) is 19.8 Å². The minimum absolute atomic E-state index is 0.0787. The first kappa shape index (κ1) is 13.2. The third-order valence-corrected chi connectivity index (χ3v) is 3.46. The predicted molar refractivity (Wildman–Crippen MR) is 65.4 cm³/mol. The minimum Gasteiger partial charge on any atom is -0.481 e. The SMILES string of the molecule is CC1(C(=O)O)CCCC1NC(=O)Nc1nccnn1. The lowest BCUT2D eigenvalue weighted by molar-refractivity contribution is -0.148. The van der Waals surface area contributed by atoms with Crippen LogP contribution in [0.1, 0.15) is 26.2 Å². The molecule has 0 aliphatic heterocycles. The van der Waals surface area contributed by atoms with Crippen molar-refractivity contribution in [1.29, 1.82) is 0 Å². The van der Waals surface area contributed by atoms with Crippen molar-refractivity contribution in [3.05, 3.63) is 12.4 Å². The van der Waals surface area contributed by atoms with E-state index in [1.165, 1.54) is 12.4 Å². The molecule has 1 saturated carbocycles. The van der Waals surface area contributed by atoms with Crippen molar-refractivity contribution < 1.29 is 14.7 Å². The lowest BCUT2D eigenvalue weighted by atomic mass is 9.85. The van der Waals surface area contributed by atoms with Crippen molar-refractivity contribution in [2.75, 3.05) is 5.32 Å². The Labute approximate surface area is 109 Å². The summed E-state index contributed by atoms with van der Waals surface area (Å²) in [5.74, 6) is -0.817. The van der Waals surface area contributed by atoms with Crippen molar-refractivity contribution in [2.24, 2.45) is 5.41 Å². The van der Waals surface area contributed by atoms with Gasteiger partial charge in [-0.15, -0.1) is 5.10 Å². The number of nitrogens with zero attached hydrogens (tertiary/aromatic N) is 3. The van der Waals surface area contributed by atoms with Crippen LogP contribution in [0.3, 0.4) is 0 Å². The standard InChI is InChI=1S/C11H15N5O3/c1-11(8(17)18)4-2-3-7(11)14-10(19)15-9-12-5-6-13-16-9/h5-7H,2-4H2,1H3,(H,17,18)(H2,12,14,15,16,19). The molecule has 3 N–H and O–H groups in total. The van der Waals surface area contributed by atoms with Crippen LogP contribution in [0.25, 0.3) is 0 Å². The maximum atomic E-state index is 11.8. The lowest BCUT2D eigenvalue weighted by Crippen LogP contribution is -2.48. The van der Waals surface area contributed by atoms with Crippen LogP contribution in [0.2, 0.25) is 0 Å². The second-order valence-corrected chi connectivity index (χ2v) is 4.73. The fourth-order valence-corrected chi connectivity index (χ4v) is 2.25. The van der Waals surface area contributed by atoms with E-state index in [1.54, 1.807) is 6.92 Å². The van der Waals surface area contributed by atoms with Crippen LogP contribution in [0.4, 0.5) is 10.7 Å². The van der Waals surface area contributed by atoms with Gasteiger partial charge in [-0.3, -0.25) is 10.1 Å². The van der Waals surface area contributed by atoms with Gasteiger partial charge in [0.2, 0.25) is 0 Å². The van der Waals surface area contributed by atoms with Crippen LogP contribution in [0.15, 0.2) is 12.4 Å². The molecule has 102 valence electrons. The molecule has 2 unspecified atom stereocenters. The molecule has 0 saturated heterocycles. The highest BCUT2D eigenvalue weighted by atomic mass is 16.4. The van der Waals surface area contributed by atoms with Crippen LogP contribution >= 0.6 is 0 Å². The number of hydrogen-bond donors (Lipinski definition) is 3. The number of nitrogens with one attached hydrogen (secondary N) is 2. The fraction of sp³-hybridized carbons (Fsp3) is 0.545. The van der Waals surface area contributed by atoms with E-state index in [4.69, 9.17) is 0 Å². The summed E-state index contributed by atoms with van der Waals surface area (Å²) in [6.45, 7) is 1.65. The Bertz CT molecular complexity index is 480. The van der Waals surface area contributed by atoms with E-state index in [2.05, 4.69) is 25.8 Å². The Morgan fingerprint density at radius 1 is 1.47 bits per heavy atom. The third kappa shape index (κ3) is 2.78. The number of amides is 2. The lowest BCUT2D eigenvalue weighted by Gasteiger charge is -2.27. The Balaban J connectivity index is 1.97. The van der Waals surface area contributed by atoms with E-state index >= 15 is 0 Å². The first-order valence-corrected chi connectivity index (χ1v) is 5.97. The van der Waals surface area contributed by atoms with Crippen molar-refractivity contribution in [1.82, 2.24) is 20.5 Å². The topological polar surface area (TPSA) is 117 Å². The highest BCUT2D eigenvalue weighted by Gasteiger charge is 2.45. The summed E-state index contributed by atoms with van der Waals surface area (Å²) < 4.78 is 0. The van der Waals surface area contributed by atoms with Crippen LogP contribution < -0.4 is 10.6 Å². The zero-order chi connectivity index (χ0) is 13.9. The maximum absolute atomic E-state index is 11.8. The van der Waals surface area contributed by atoms with E-state index in [0.717, 1.165) is 6.42 Å². The van der Waals surface area contributed by atoms with Gasteiger partial charge in [-0.1, -0.05) is 6.42 Å². The predicted octanol–water partition coefficient (Wildman–Crippen LogP) is 0.636. The summed E-state index contributed by atoms with van der Waals surface area (Å²) >= 11 is 0. The monoisotopic (exact) mass is 265 g/mol. The number of anilines is 1. The minimum atomic E-state index is -0.923. The number of carbonyl (C=O) groups excluding carboxylic acids is 1. The molecular weight excluding hydrogens is 250 g/mol. The van der Waals surface area contributed by atoms with E-state index in [-0.39, 0.29) is 5.95 Å². The molecule has 8 heteroatoms. The van der Waals surface area contributed by atoms with Gasteiger partial charge in [-0.25, -0.2) is 9.78 Å². The van der Waals surface area contributed by atoms with Crippen molar-refractivity contribution in [3.63, 3.8) is 0 Å². The molecule has 0 bridgehead atoms. The van der Waals surface area contributed by atoms with Gasteiger partial charge in [0.15, 0.2) is 0 Å². The second-order valence-electron chi connectivity index (χ2n) is 4.73. The molecular formula is C11H15N5O3. The normalized spacial score (nSPS) is 25.8. The van der Waals surface area contributed by atoms with Crippen LogP contribution in [0, 0.1) is 5.41 Å². The number of hydrogen-bond acceptors (Lipinski definition) is 5. The number of carbonyl (C=O) groups is 2. The average molecular weight is 265 g/mol. The van der Waals surface area contributed by atoms with Gasteiger partial charge >= 0.3 is 12.0 Å². The van der Waals surface area contributed by atoms with E-state index in [9.17, 15) is 14.7 Å². The molecule has 1 aromatic heterocycles. The molecule has 2 atom stereocenters. The molecule has 1 aromatic rings. The highest BCUT2D eigenvalue weighted by Crippen LogP contribution is 2.38. The summed E-state index contributed by atoms with van der Waals surface area (Å²) in [5, 5.41) is 21.5. The number of carboxylic acids is 1. The first-order valence-electron chi connectivity index (χ1n) is 5.97. The summed E-state index contributed by atoms with van der Waals surface area (Å²) in [6.07, 6.45) is 4.76. The molecule has 19 heavy (non-hydrogen) atoms. The molecule has 0 aromatic carbocycles. The molecule has 1 aliphatic rings. The van der Waals surface area contributed by atoms with Gasteiger partial charge in [0.1, 0.15) is 0 Å². The van der Waals surface area contributed by atoms with E-state index in [1.807, 2.05) is 0 Å². The largest absolute Gasteiger partial charge is 0.481 e. The molecule has 0 spiro atoms. The van der Waals surface area contributed by atoms with Crippen molar-refractivity contribution in [3.8, 4) is 0 Å². The van der Waals surface area contributed by atoms with Crippen LogP contribution in [0.5, 0.6) is 0 Å². The Morgan fingerprint density at radius 3 is 2.89 bits per heavy atom. The van der Waals surface area contributed by atoms with Gasteiger partial charge < -0.3 is 10.4 Å². The number of aromatic nitrogens is 3. The van der Waals surface area contributed by atoms with Crippen molar-refractivity contribution in [2.45, 2.75) is 32.2 Å². The van der Waals surface area contributed by atoms with E-state index < -0.39 is 23.5 Å². The molecule has 2 amide bonds. The van der Waals surface area contributed by atoms with Crippen molar-refractivity contribution >= 4 is 17.9 Å². The molecule has 1 heterocycles. The number of urea groups is 1. The quantitative estimate of drug-likeness (QED) is 0.738. The number of carboxylic acid groups (broad SMARTS) is 1. The van der Waals surface area contributed by atoms with Gasteiger partial charge in [0.25, 0.3) is 5.95 Å². The zero-order valence-corrected chi connectivity index (χ0v) is 10.5. The zero-order valence-electron chi connectivity index (χ0n) is 10.5. The molecule has 8 nitrogen and oxygen atoms in total. The van der Waals surface area contributed by atoms with Gasteiger partial charge in [0.05, 0.1) is 17.8 Å². The maximum Gasteiger partial charge on any atom is 0.321 e. The Hall–Kier alpha value is -2.25. The molecule has 1 aliphatic carbocycles. The van der Waals surface area contributed by atoms with Gasteiger partial charge in [-0.2, -0.15) is 5.10 Å². The summed E-state index contributed by atoms with van der Waals surface area (Å²) in [7, 11) is 0. The summed E-state index contributed by atoms with van der Waals surface area (Å²) in [5.41, 5.74) is -0.923. The fourth-order valence-electron chi connectivity index (χ4n) is 2.25. The van der Waals surface area contributed by atoms with E-state index in [0.29, 0.717) is 12.8 Å². The third-order valence-electron chi connectivity index (χ3n) is 3.46. The second kappa shape index (κ2) is 5.17. The smallest absolute Gasteiger partial charge is 0.321 e. The van der Waals surface area contributed by atoms with Gasteiger partial charge in [0, 0.05) is 6.04 Å². The Kier molecular flexibility index (Phi) is 3.59. The molecule has 0 radical (unpaired) electrons. The highest BCUT2D eigenvalue weighted by molar-refractivity contribution is 5.88. The van der Waals surface area contributed by atoms with Crippen LogP contribution in [-0.2, 0) is 4.79 Å². The summed E-state index contributed by atoms with van der Waals surface area (Å²) in [4.78, 5) is 26.8. The number of aliphatic carboxylic acids is 1. The molecule has 1 fully saturated rings. The van der Waals surface area contributed by atoms with Crippen LogP contribution in [-0.4, -0.2) is 38.3 Å². The molecule has 2 rings (SSSR count). The Morgan fingerprint density at radius 2 is 2.26 bits per heavy atom. The number of rotatable bonds is 3. The average Bonchev–Trinajstić information content (AvgIpc) is 2.73. The first-order chi connectivity index (χ1) is 9.02. The summed E-state index contributed by atoms with van der Waals surface area (Å²) in [6, 6.07) is -0.922.